The number of tetrazole rings is 1. The summed E-state index contributed by atoms with van der Waals surface area (Å²) < 4.78 is 0. The molecule has 2 heterocycles. The maximum Gasteiger partial charge on any atom is 0.191 e. The zero-order valence-electron chi connectivity index (χ0n) is 11.5. The van der Waals surface area contributed by atoms with E-state index < -0.39 is 0 Å². The Hall–Kier alpha value is -2.34. The Morgan fingerprint density at radius 1 is 1.30 bits per heavy atom. The molecule has 20 heavy (non-hydrogen) atoms. The van der Waals surface area contributed by atoms with Gasteiger partial charge in [0, 0.05) is 17.6 Å². The number of aromatic amines is 1. The summed E-state index contributed by atoms with van der Waals surface area (Å²) in [7, 11) is 0. The number of fused-ring (bicyclic) bond motifs is 1. The second-order valence-corrected chi connectivity index (χ2v) is 4.81. The molecule has 0 bridgehead atoms. The number of benzene rings is 1. The third kappa shape index (κ3) is 2.50. The lowest BCUT2D eigenvalue weighted by atomic mass is 10.1. The first-order valence-corrected chi connectivity index (χ1v) is 6.56. The van der Waals surface area contributed by atoms with E-state index in [9.17, 15) is 0 Å². The van der Waals surface area contributed by atoms with Gasteiger partial charge < -0.3 is 5.32 Å². The van der Waals surface area contributed by atoms with Crippen molar-refractivity contribution in [2.24, 2.45) is 0 Å². The molecular weight excluding hydrogens is 252 g/mol. The third-order valence-corrected chi connectivity index (χ3v) is 3.28. The van der Waals surface area contributed by atoms with Gasteiger partial charge in [-0.2, -0.15) is 5.21 Å². The smallest absolute Gasteiger partial charge is 0.191 e. The van der Waals surface area contributed by atoms with Crippen LogP contribution >= 0.6 is 0 Å². The number of nitrogens with one attached hydrogen (secondary N) is 2. The Kier molecular flexibility index (Phi) is 3.39. The summed E-state index contributed by atoms with van der Waals surface area (Å²) in [5.74, 6) is 0.667. The summed E-state index contributed by atoms with van der Waals surface area (Å²) >= 11 is 0. The van der Waals surface area contributed by atoms with E-state index in [0.29, 0.717) is 5.82 Å². The van der Waals surface area contributed by atoms with Crippen molar-refractivity contribution in [2.45, 2.75) is 26.4 Å². The van der Waals surface area contributed by atoms with Crippen molar-refractivity contribution >= 4 is 10.9 Å². The number of hydrogen-bond acceptors (Lipinski definition) is 5. The van der Waals surface area contributed by atoms with E-state index in [1.807, 2.05) is 32.0 Å². The van der Waals surface area contributed by atoms with Gasteiger partial charge in [0.05, 0.1) is 11.6 Å². The summed E-state index contributed by atoms with van der Waals surface area (Å²) in [5, 5.41) is 18.6. The largest absolute Gasteiger partial charge is 0.303 e. The molecule has 0 amide bonds. The first kappa shape index (κ1) is 12.7. The second kappa shape index (κ2) is 5.34. The van der Waals surface area contributed by atoms with Gasteiger partial charge in [-0.05, 0) is 31.5 Å². The highest BCUT2D eigenvalue weighted by Crippen LogP contribution is 2.18. The molecule has 0 spiro atoms. The van der Waals surface area contributed by atoms with Crippen LogP contribution in [0.2, 0.25) is 0 Å². The fourth-order valence-corrected chi connectivity index (χ4v) is 2.25. The Morgan fingerprint density at radius 3 is 2.95 bits per heavy atom. The number of aromatic nitrogens is 5. The van der Waals surface area contributed by atoms with Crippen molar-refractivity contribution in [3.8, 4) is 0 Å². The maximum absolute atomic E-state index is 4.55. The van der Waals surface area contributed by atoms with E-state index in [1.54, 1.807) is 0 Å². The van der Waals surface area contributed by atoms with Crippen LogP contribution in [0.25, 0.3) is 10.9 Å². The van der Waals surface area contributed by atoms with Crippen molar-refractivity contribution in [1.82, 2.24) is 30.9 Å². The quantitative estimate of drug-likeness (QED) is 0.755. The first-order valence-electron chi connectivity index (χ1n) is 6.56. The molecule has 1 atom stereocenters. The summed E-state index contributed by atoms with van der Waals surface area (Å²) in [6, 6.07) is 10.3. The van der Waals surface area contributed by atoms with Gasteiger partial charge in [-0.3, -0.25) is 4.98 Å². The van der Waals surface area contributed by atoms with E-state index in [4.69, 9.17) is 0 Å². The van der Waals surface area contributed by atoms with Crippen LogP contribution in [0.3, 0.4) is 0 Å². The lowest BCUT2D eigenvalue weighted by molar-refractivity contribution is 0.548. The van der Waals surface area contributed by atoms with Gasteiger partial charge in [-0.15, -0.1) is 10.2 Å². The molecule has 6 nitrogen and oxygen atoms in total. The zero-order valence-corrected chi connectivity index (χ0v) is 11.5. The van der Waals surface area contributed by atoms with E-state index in [2.05, 4.69) is 43.1 Å². The van der Waals surface area contributed by atoms with Crippen LogP contribution in [0.5, 0.6) is 0 Å². The summed E-state index contributed by atoms with van der Waals surface area (Å²) in [5.41, 5.74) is 3.27. The van der Waals surface area contributed by atoms with E-state index in [-0.39, 0.29) is 6.04 Å². The molecule has 1 aromatic carbocycles. The molecule has 0 aliphatic rings. The van der Waals surface area contributed by atoms with Crippen LogP contribution in [0.4, 0.5) is 0 Å². The lowest BCUT2D eigenvalue weighted by Crippen LogP contribution is -2.19. The number of rotatable bonds is 4. The highest BCUT2D eigenvalue weighted by Gasteiger charge is 2.10. The van der Waals surface area contributed by atoms with Crippen molar-refractivity contribution in [2.75, 3.05) is 0 Å². The molecule has 0 fully saturated rings. The van der Waals surface area contributed by atoms with Gasteiger partial charge in [0.2, 0.25) is 0 Å². The summed E-state index contributed by atoms with van der Waals surface area (Å²) in [6.07, 6.45) is 0. The highest BCUT2D eigenvalue weighted by atomic mass is 15.5. The van der Waals surface area contributed by atoms with Crippen LogP contribution in [-0.2, 0) is 6.54 Å². The van der Waals surface area contributed by atoms with E-state index >= 15 is 0 Å². The molecule has 3 rings (SSSR count). The molecule has 102 valence electrons. The van der Waals surface area contributed by atoms with Crippen LogP contribution in [-0.4, -0.2) is 25.6 Å². The zero-order chi connectivity index (χ0) is 13.9. The van der Waals surface area contributed by atoms with Gasteiger partial charge in [0.15, 0.2) is 5.82 Å². The molecule has 0 radical (unpaired) electrons. The third-order valence-electron chi connectivity index (χ3n) is 3.28. The molecule has 6 heteroatoms. The van der Waals surface area contributed by atoms with Crippen LogP contribution in [0.1, 0.15) is 30.0 Å². The number of aryl methyl sites for hydroxylation is 1. The number of para-hydroxylation sites is 1. The van der Waals surface area contributed by atoms with Crippen LogP contribution in [0, 0.1) is 6.92 Å². The van der Waals surface area contributed by atoms with Gasteiger partial charge in [-0.25, -0.2) is 0 Å². The molecule has 2 aromatic heterocycles. The SMILES string of the molecule is Cc1cc(CNC(C)c2nn[nH]n2)c2ccccc2n1. The van der Waals surface area contributed by atoms with Gasteiger partial charge in [0.1, 0.15) is 0 Å². The minimum absolute atomic E-state index is 0.0426. The summed E-state index contributed by atoms with van der Waals surface area (Å²) in [4.78, 5) is 4.55. The standard InChI is InChI=1S/C14H16N6/c1-9-7-11(12-5-3-4-6-13(12)16-9)8-15-10(2)14-17-19-20-18-14/h3-7,10,15H,8H2,1-2H3,(H,17,18,19,20). The molecule has 0 saturated heterocycles. The first-order chi connectivity index (χ1) is 9.74. The molecule has 0 aliphatic carbocycles. The highest BCUT2D eigenvalue weighted by molar-refractivity contribution is 5.82. The Labute approximate surface area is 116 Å². The van der Waals surface area contributed by atoms with Crippen molar-refractivity contribution < 1.29 is 0 Å². The van der Waals surface area contributed by atoms with Crippen molar-refractivity contribution in [3.63, 3.8) is 0 Å². The minimum Gasteiger partial charge on any atom is -0.303 e. The number of hydrogen-bond donors (Lipinski definition) is 2. The van der Waals surface area contributed by atoms with Gasteiger partial charge in [0.25, 0.3) is 0 Å². The Morgan fingerprint density at radius 2 is 2.15 bits per heavy atom. The molecule has 3 aromatic rings. The normalized spacial score (nSPS) is 12.7. The second-order valence-electron chi connectivity index (χ2n) is 4.81. The van der Waals surface area contributed by atoms with Gasteiger partial charge >= 0.3 is 0 Å². The topological polar surface area (TPSA) is 79.4 Å². The number of nitrogens with zero attached hydrogens (tertiary/aromatic N) is 4. The predicted molar refractivity (Wildman–Crippen MR) is 75.9 cm³/mol. The average Bonchev–Trinajstić information content (AvgIpc) is 2.98. The Balaban J connectivity index is 1.84. The summed E-state index contributed by atoms with van der Waals surface area (Å²) in [6.45, 7) is 4.76. The van der Waals surface area contributed by atoms with E-state index in [0.717, 1.165) is 17.8 Å². The van der Waals surface area contributed by atoms with Crippen molar-refractivity contribution in [3.05, 3.63) is 47.4 Å². The lowest BCUT2D eigenvalue weighted by Gasteiger charge is -2.12. The monoisotopic (exact) mass is 268 g/mol. The fourth-order valence-electron chi connectivity index (χ4n) is 2.25. The molecule has 1 unspecified atom stereocenters. The maximum atomic E-state index is 4.55. The van der Waals surface area contributed by atoms with Crippen molar-refractivity contribution in [1.29, 1.82) is 0 Å². The molecule has 0 aliphatic heterocycles. The van der Waals surface area contributed by atoms with Gasteiger partial charge in [-0.1, -0.05) is 23.4 Å². The van der Waals surface area contributed by atoms with Crippen LogP contribution < -0.4 is 5.32 Å². The number of H-pyrrole nitrogens is 1. The predicted octanol–water partition coefficient (Wildman–Crippen LogP) is 1.91. The van der Waals surface area contributed by atoms with Crippen LogP contribution in [0.15, 0.2) is 30.3 Å². The molecular formula is C14H16N6. The number of pyridine rings is 1. The average molecular weight is 268 g/mol. The minimum atomic E-state index is 0.0426. The Bertz CT molecular complexity index is 707. The fraction of sp³-hybridized carbons (Fsp3) is 0.286. The van der Waals surface area contributed by atoms with E-state index in [1.165, 1.54) is 10.9 Å². The molecule has 0 saturated carbocycles. The molecule has 2 N–H and O–H groups in total.